The molecule has 35 heavy (non-hydrogen) atoms. The molecule has 6 rings (SSSR count). The van der Waals surface area contributed by atoms with Gasteiger partial charge >= 0.3 is 6.03 Å². The highest BCUT2D eigenvalue weighted by Crippen LogP contribution is 2.40. The molecule has 2 aliphatic rings. The average molecular weight is 483 g/mol. The first-order chi connectivity index (χ1) is 17.0. The Bertz CT molecular complexity index is 1470. The van der Waals surface area contributed by atoms with E-state index in [1.807, 2.05) is 30.5 Å². The topological polar surface area (TPSA) is 71.3 Å². The van der Waals surface area contributed by atoms with E-state index >= 15 is 0 Å². The normalized spacial score (nSPS) is 17.6. The van der Waals surface area contributed by atoms with Crippen molar-refractivity contribution in [1.82, 2.24) is 15.5 Å². The van der Waals surface area contributed by atoms with Crippen LogP contribution >= 0.6 is 11.3 Å². The maximum absolute atomic E-state index is 13.5. The summed E-state index contributed by atoms with van der Waals surface area (Å²) in [5.41, 5.74) is 8.50. The number of hydrogen-bond acceptors (Lipinski definition) is 5. The molecular weight excluding hydrogens is 456 g/mol. The lowest BCUT2D eigenvalue weighted by Gasteiger charge is -2.35. The number of amides is 2. The molecule has 6 nitrogen and oxygen atoms in total. The van der Waals surface area contributed by atoms with Gasteiger partial charge in [0.05, 0.1) is 22.2 Å². The third-order valence-electron chi connectivity index (χ3n) is 7.09. The Kier molecular flexibility index (Phi) is 5.29. The van der Waals surface area contributed by atoms with Gasteiger partial charge < -0.3 is 9.84 Å². The van der Waals surface area contributed by atoms with E-state index in [2.05, 4.69) is 54.7 Å². The van der Waals surface area contributed by atoms with Crippen molar-refractivity contribution in [1.29, 1.82) is 0 Å². The number of thiophene rings is 1. The Hall–Kier alpha value is -3.71. The Morgan fingerprint density at radius 3 is 2.69 bits per heavy atom. The van der Waals surface area contributed by atoms with Gasteiger partial charge in [0.1, 0.15) is 0 Å². The summed E-state index contributed by atoms with van der Waals surface area (Å²) in [6, 6.07) is 16.0. The minimum atomic E-state index is -0.399. The molecule has 7 heteroatoms. The monoisotopic (exact) mass is 482 g/mol. The van der Waals surface area contributed by atoms with Crippen LogP contribution in [0.3, 0.4) is 0 Å². The maximum Gasteiger partial charge on any atom is 0.326 e. The number of rotatable bonds is 4. The van der Waals surface area contributed by atoms with Crippen LogP contribution in [-0.2, 0) is 12.8 Å². The van der Waals surface area contributed by atoms with Crippen LogP contribution in [0.1, 0.15) is 53.1 Å². The molecule has 4 aromatic rings. The van der Waals surface area contributed by atoms with E-state index in [1.54, 1.807) is 16.2 Å². The number of urea groups is 1. The van der Waals surface area contributed by atoms with Crippen LogP contribution in [0.4, 0.5) is 10.5 Å². The third kappa shape index (κ3) is 3.76. The van der Waals surface area contributed by atoms with Crippen molar-refractivity contribution < 1.29 is 9.32 Å². The van der Waals surface area contributed by atoms with Crippen molar-refractivity contribution in [3.05, 3.63) is 93.3 Å². The van der Waals surface area contributed by atoms with Gasteiger partial charge in [-0.25, -0.2) is 4.79 Å². The van der Waals surface area contributed by atoms with Crippen molar-refractivity contribution in [3.63, 3.8) is 0 Å². The highest BCUT2D eigenvalue weighted by molar-refractivity contribution is 7.13. The van der Waals surface area contributed by atoms with Crippen LogP contribution in [0, 0.1) is 13.8 Å². The minimum Gasteiger partial charge on any atom is -0.334 e. The number of nitrogens with zero attached hydrogens (tertiary/aromatic N) is 3. The second-order valence-corrected chi connectivity index (χ2v) is 10.2. The molecule has 3 heterocycles. The SMILES string of the molecule is CC1=C(c2nc(-c3cccs3)no2)C(c2ccc(C)c(C)c2)NC(=O)N1c1ccc2c(c1)CCC2. The largest absolute Gasteiger partial charge is 0.334 e. The first-order valence-corrected chi connectivity index (χ1v) is 12.8. The number of carbonyl (C=O) groups is 1. The molecule has 0 bridgehead atoms. The maximum atomic E-state index is 13.5. The Balaban J connectivity index is 1.50. The lowest BCUT2D eigenvalue weighted by molar-refractivity contribution is 0.244. The molecule has 2 amide bonds. The van der Waals surface area contributed by atoms with Crippen LogP contribution in [0.25, 0.3) is 16.3 Å². The second kappa shape index (κ2) is 8.50. The number of hydrogen-bond donors (Lipinski definition) is 1. The highest BCUT2D eigenvalue weighted by Gasteiger charge is 2.37. The molecule has 2 aromatic carbocycles. The number of aromatic nitrogens is 2. The van der Waals surface area contributed by atoms with Crippen molar-refractivity contribution in [3.8, 4) is 10.7 Å². The highest BCUT2D eigenvalue weighted by atomic mass is 32.1. The van der Waals surface area contributed by atoms with Gasteiger partial charge in [-0.1, -0.05) is 35.5 Å². The zero-order chi connectivity index (χ0) is 24.1. The molecule has 0 spiro atoms. The van der Waals surface area contributed by atoms with E-state index in [4.69, 9.17) is 9.51 Å². The fourth-order valence-electron chi connectivity index (χ4n) is 5.06. The third-order valence-corrected chi connectivity index (χ3v) is 7.95. The molecular formula is C28H26N4O2S. The lowest BCUT2D eigenvalue weighted by Crippen LogP contribution is -2.46. The number of nitrogens with one attached hydrogen (secondary N) is 1. The quantitative estimate of drug-likeness (QED) is 0.355. The predicted molar refractivity (Wildman–Crippen MR) is 138 cm³/mol. The standard InChI is InChI=1S/C28H26N4O2S/c1-16-9-10-21(14-17(16)2)25-24(27-30-26(31-34-27)23-8-5-13-35-23)18(3)32(28(33)29-25)22-12-11-19-6-4-7-20(19)15-22/h5,8-15,25H,4,6-7H2,1-3H3,(H,29,33). The first-order valence-electron chi connectivity index (χ1n) is 11.9. The Morgan fingerprint density at radius 2 is 1.89 bits per heavy atom. The summed E-state index contributed by atoms with van der Waals surface area (Å²) in [6.45, 7) is 6.13. The van der Waals surface area contributed by atoms with Crippen LogP contribution in [0.15, 0.2) is 64.1 Å². The van der Waals surface area contributed by atoms with Gasteiger partial charge in [0.2, 0.25) is 5.82 Å². The smallest absolute Gasteiger partial charge is 0.326 e. The number of carbonyl (C=O) groups excluding carboxylic acids is 1. The van der Waals surface area contributed by atoms with E-state index in [9.17, 15) is 4.79 Å². The van der Waals surface area contributed by atoms with Crippen molar-refractivity contribution >= 4 is 28.6 Å². The molecule has 1 atom stereocenters. The second-order valence-electron chi connectivity index (χ2n) is 9.27. The molecule has 0 fully saturated rings. The fraction of sp³-hybridized carbons (Fsp3) is 0.250. The van der Waals surface area contributed by atoms with E-state index in [0.717, 1.165) is 46.7 Å². The molecule has 1 aliphatic heterocycles. The first kappa shape index (κ1) is 21.8. The summed E-state index contributed by atoms with van der Waals surface area (Å²) in [4.78, 5) is 21.0. The van der Waals surface area contributed by atoms with E-state index in [1.165, 1.54) is 22.3 Å². The molecule has 2 aromatic heterocycles. The predicted octanol–water partition coefficient (Wildman–Crippen LogP) is 6.61. The summed E-state index contributed by atoms with van der Waals surface area (Å²) in [5.74, 6) is 0.968. The van der Waals surface area contributed by atoms with Crippen LogP contribution < -0.4 is 10.2 Å². The molecule has 176 valence electrons. The summed E-state index contributed by atoms with van der Waals surface area (Å²) in [6.07, 6.45) is 3.31. The van der Waals surface area contributed by atoms with E-state index in [-0.39, 0.29) is 6.03 Å². The van der Waals surface area contributed by atoms with Gasteiger partial charge in [-0.05, 0) is 91.4 Å². The summed E-state index contributed by atoms with van der Waals surface area (Å²) >= 11 is 1.57. The average Bonchev–Trinajstić information content (AvgIpc) is 3.61. The van der Waals surface area contributed by atoms with Gasteiger partial charge in [-0.15, -0.1) is 11.3 Å². The van der Waals surface area contributed by atoms with Gasteiger partial charge in [0, 0.05) is 5.70 Å². The Morgan fingerprint density at radius 1 is 1.03 bits per heavy atom. The van der Waals surface area contributed by atoms with Gasteiger partial charge in [0.15, 0.2) is 0 Å². The van der Waals surface area contributed by atoms with E-state index in [0.29, 0.717) is 11.7 Å². The van der Waals surface area contributed by atoms with Crippen molar-refractivity contribution in [2.24, 2.45) is 0 Å². The van der Waals surface area contributed by atoms with Crippen molar-refractivity contribution in [2.75, 3.05) is 4.90 Å². The minimum absolute atomic E-state index is 0.162. The number of allylic oxidation sites excluding steroid dienone is 1. The van der Waals surface area contributed by atoms with Gasteiger partial charge in [0.25, 0.3) is 5.89 Å². The lowest BCUT2D eigenvalue weighted by atomic mass is 9.92. The molecule has 1 unspecified atom stereocenters. The summed E-state index contributed by atoms with van der Waals surface area (Å²) < 4.78 is 5.81. The van der Waals surface area contributed by atoms with Crippen LogP contribution in [-0.4, -0.2) is 16.2 Å². The molecule has 1 aliphatic carbocycles. The molecule has 1 N–H and O–H groups in total. The van der Waals surface area contributed by atoms with Crippen LogP contribution in [0.5, 0.6) is 0 Å². The number of fused-ring (bicyclic) bond motifs is 1. The summed E-state index contributed by atoms with van der Waals surface area (Å²) in [5, 5.41) is 9.46. The van der Waals surface area contributed by atoms with Crippen molar-refractivity contribution in [2.45, 2.75) is 46.1 Å². The molecule has 0 saturated carbocycles. The number of benzene rings is 2. The van der Waals surface area contributed by atoms with Crippen LogP contribution in [0.2, 0.25) is 0 Å². The number of aryl methyl sites for hydroxylation is 4. The van der Waals surface area contributed by atoms with Gasteiger partial charge in [-0.3, -0.25) is 4.90 Å². The van der Waals surface area contributed by atoms with E-state index < -0.39 is 6.04 Å². The fourth-order valence-corrected chi connectivity index (χ4v) is 5.71. The zero-order valence-corrected chi connectivity index (χ0v) is 20.8. The summed E-state index contributed by atoms with van der Waals surface area (Å²) in [7, 11) is 0. The molecule has 0 radical (unpaired) electrons. The zero-order valence-electron chi connectivity index (χ0n) is 20.0. The van der Waals surface area contributed by atoms with Gasteiger partial charge in [-0.2, -0.15) is 4.98 Å². The Labute approximate surface area is 208 Å². The number of anilines is 1. The molecule has 0 saturated heterocycles.